The summed E-state index contributed by atoms with van der Waals surface area (Å²) in [6.07, 6.45) is 1.54. The van der Waals surface area contributed by atoms with Crippen LogP contribution in [-0.4, -0.2) is 92.8 Å². The lowest BCUT2D eigenvalue weighted by Crippen LogP contribution is -2.54. The zero-order chi connectivity index (χ0) is 32.8. The topological polar surface area (TPSA) is 146 Å². The number of likely N-dealkylation sites (tertiary alicyclic amines) is 1. The quantitative estimate of drug-likeness (QED) is 0.405. The first-order chi connectivity index (χ1) is 21.9. The Kier molecular flexibility index (Phi) is 9.29. The zero-order valence-electron chi connectivity index (χ0n) is 25.5. The first-order valence-electron chi connectivity index (χ1n) is 15.8. The number of amides is 2. The number of carbonyl (C=O) groups excluding carboxylic acids is 2. The number of nitrogens with two attached hydrogens (primary N) is 2. The molecule has 0 bridgehead atoms. The number of aromatic nitrogens is 1. The van der Waals surface area contributed by atoms with Gasteiger partial charge in [0.2, 0.25) is 21.8 Å². The van der Waals surface area contributed by atoms with E-state index in [2.05, 4.69) is 4.98 Å². The third-order valence-electron chi connectivity index (χ3n) is 9.86. The number of sulfonamides is 1. The molecule has 1 aromatic heterocycles. The monoisotopic (exact) mass is 679 g/mol. The summed E-state index contributed by atoms with van der Waals surface area (Å²) in [7, 11) is -3.83. The van der Waals surface area contributed by atoms with Crippen molar-refractivity contribution in [1.29, 1.82) is 0 Å². The van der Waals surface area contributed by atoms with Gasteiger partial charge in [-0.1, -0.05) is 11.6 Å². The van der Waals surface area contributed by atoms with E-state index in [-0.39, 0.29) is 90.6 Å². The molecule has 11 nitrogen and oxygen atoms in total. The molecule has 46 heavy (non-hydrogen) atoms. The summed E-state index contributed by atoms with van der Waals surface area (Å²) in [4.78, 5) is 34.4. The van der Waals surface area contributed by atoms with Gasteiger partial charge in [0.1, 0.15) is 11.0 Å². The fourth-order valence-corrected chi connectivity index (χ4v) is 8.65. The zero-order valence-corrected chi connectivity index (χ0v) is 27.1. The van der Waals surface area contributed by atoms with Crippen molar-refractivity contribution in [3.8, 4) is 0 Å². The van der Waals surface area contributed by atoms with E-state index in [1.165, 1.54) is 28.6 Å². The molecule has 0 radical (unpaired) electrons. The highest BCUT2D eigenvalue weighted by molar-refractivity contribution is 7.89. The third-order valence-corrected chi connectivity index (χ3v) is 12.0. The largest absolute Gasteiger partial charge is 0.354 e. The molecular formula is C31H40ClF2N7O4S. The maximum Gasteiger partial charge on any atom is 0.276 e. The van der Waals surface area contributed by atoms with Gasteiger partial charge in [0, 0.05) is 87.3 Å². The standard InChI is InChI=1S/C31H40ClF2N7O4S/c32-27-13-23(31(33,34)22-3-1-21(2-4-22)30(43)39-17-20(16-35)18-39)14-28(37-27)38-9-11-40(12-10-38)46(44,45)26-7-5-25(6-8-26)41-19-24(36)15-29(41)42/h5-8,13-14,20-22,24H,1-4,9-12,15-19,35-36H2/t21?,22?,24-/m1/s1. The minimum Gasteiger partial charge on any atom is -0.354 e. The molecule has 0 spiro atoms. The highest BCUT2D eigenvalue weighted by atomic mass is 35.5. The predicted molar refractivity (Wildman–Crippen MR) is 170 cm³/mol. The Hall–Kier alpha value is -2.91. The number of pyridine rings is 1. The second-order valence-corrected chi connectivity index (χ2v) is 15.2. The van der Waals surface area contributed by atoms with Crippen molar-refractivity contribution < 1.29 is 26.8 Å². The van der Waals surface area contributed by atoms with Crippen LogP contribution in [0.2, 0.25) is 5.15 Å². The van der Waals surface area contributed by atoms with E-state index >= 15 is 8.78 Å². The van der Waals surface area contributed by atoms with E-state index in [0.29, 0.717) is 50.6 Å². The average Bonchev–Trinajstić information content (AvgIpc) is 3.37. The molecule has 4 fully saturated rings. The van der Waals surface area contributed by atoms with Crippen LogP contribution in [0.25, 0.3) is 0 Å². The molecule has 3 aliphatic heterocycles. The summed E-state index contributed by atoms with van der Waals surface area (Å²) in [6, 6.07) is 8.46. The van der Waals surface area contributed by atoms with Crippen LogP contribution in [0.5, 0.6) is 0 Å². The molecule has 4 N–H and O–H groups in total. The van der Waals surface area contributed by atoms with Gasteiger partial charge >= 0.3 is 0 Å². The number of rotatable bonds is 8. The number of carbonyl (C=O) groups is 2. The maximum atomic E-state index is 15.9. The van der Waals surface area contributed by atoms with Crippen LogP contribution >= 0.6 is 11.6 Å². The molecule has 6 rings (SSSR count). The van der Waals surface area contributed by atoms with Gasteiger partial charge in [-0.05, 0) is 68.6 Å². The Bertz CT molecular complexity index is 1560. The molecule has 1 atom stereocenters. The fraction of sp³-hybridized carbons (Fsp3) is 0.581. The molecule has 15 heteroatoms. The first-order valence-corrected chi connectivity index (χ1v) is 17.6. The van der Waals surface area contributed by atoms with Crippen LogP contribution < -0.4 is 21.3 Å². The molecule has 0 unspecified atom stereocenters. The summed E-state index contributed by atoms with van der Waals surface area (Å²) in [5.41, 5.74) is 11.9. The number of benzene rings is 1. The lowest BCUT2D eigenvalue weighted by atomic mass is 9.76. The third kappa shape index (κ3) is 6.46. The Morgan fingerprint density at radius 1 is 1.00 bits per heavy atom. The van der Waals surface area contributed by atoms with Crippen molar-refractivity contribution in [3.63, 3.8) is 0 Å². The summed E-state index contributed by atoms with van der Waals surface area (Å²) >= 11 is 6.25. The first kappa shape index (κ1) is 33.0. The SMILES string of the molecule is NCC1CN(C(=O)C2CCC(C(F)(F)c3cc(Cl)nc(N4CCN(S(=O)(=O)c5ccc(N6C[C@H](N)CC6=O)cc5)CC4)c3)CC2)C1. The van der Waals surface area contributed by atoms with Crippen LogP contribution in [-0.2, 0) is 25.5 Å². The highest BCUT2D eigenvalue weighted by Crippen LogP contribution is 2.46. The van der Waals surface area contributed by atoms with Crippen molar-refractivity contribution in [2.75, 3.05) is 62.2 Å². The molecule has 2 amide bonds. The molecule has 4 aliphatic rings. The number of halogens is 3. The van der Waals surface area contributed by atoms with Crippen LogP contribution in [0.4, 0.5) is 20.3 Å². The number of hydrogen-bond acceptors (Lipinski definition) is 8. The Labute approximate surface area is 272 Å². The van der Waals surface area contributed by atoms with Crippen molar-refractivity contribution in [1.82, 2.24) is 14.2 Å². The second-order valence-electron chi connectivity index (χ2n) is 12.9. The van der Waals surface area contributed by atoms with Gasteiger partial charge in [-0.3, -0.25) is 9.59 Å². The normalized spacial score (nSPS) is 25.2. The maximum absolute atomic E-state index is 15.9. The van der Waals surface area contributed by atoms with Gasteiger partial charge in [-0.25, -0.2) is 22.2 Å². The predicted octanol–water partition coefficient (Wildman–Crippen LogP) is 2.63. The van der Waals surface area contributed by atoms with E-state index in [4.69, 9.17) is 23.1 Å². The Morgan fingerprint density at radius 3 is 2.24 bits per heavy atom. The van der Waals surface area contributed by atoms with Crippen molar-refractivity contribution >= 4 is 44.9 Å². The van der Waals surface area contributed by atoms with E-state index < -0.39 is 21.9 Å². The Morgan fingerprint density at radius 2 is 1.65 bits per heavy atom. The van der Waals surface area contributed by atoms with Crippen LogP contribution in [0, 0.1) is 17.8 Å². The van der Waals surface area contributed by atoms with Gasteiger partial charge in [-0.15, -0.1) is 0 Å². The van der Waals surface area contributed by atoms with Gasteiger partial charge in [0.25, 0.3) is 5.92 Å². The second kappa shape index (κ2) is 12.9. The summed E-state index contributed by atoms with van der Waals surface area (Å²) in [5, 5.41) is -0.0594. The summed E-state index contributed by atoms with van der Waals surface area (Å²) < 4.78 is 59.9. The highest BCUT2D eigenvalue weighted by Gasteiger charge is 2.45. The van der Waals surface area contributed by atoms with Crippen LogP contribution in [0.3, 0.4) is 0 Å². The molecular weight excluding hydrogens is 640 g/mol. The van der Waals surface area contributed by atoms with Gasteiger partial charge in [0.15, 0.2) is 0 Å². The number of hydrogen-bond donors (Lipinski definition) is 2. The molecule has 2 aromatic rings. The van der Waals surface area contributed by atoms with E-state index in [1.807, 2.05) is 0 Å². The Balaban J connectivity index is 1.07. The molecule has 4 heterocycles. The minimum atomic E-state index is -3.83. The van der Waals surface area contributed by atoms with Gasteiger partial charge < -0.3 is 26.2 Å². The van der Waals surface area contributed by atoms with E-state index in [1.54, 1.807) is 26.8 Å². The summed E-state index contributed by atoms with van der Waals surface area (Å²) in [6.45, 7) is 2.96. The van der Waals surface area contributed by atoms with E-state index in [0.717, 1.165) is 0 Å². The van der Waals surface area contributed by atoms with E-state index in [9.17, 15) is 18.0 Å². The summed E-state index contributed by atoms with van der Waals surface area (Å²) in [5.74, 6) is -3.78. The number of alkyl halides is 2. The van der Waals surface area contributed by atoms with Crippen molar-refractivity contribution in [2.24, 2.45) is 29.2 Å². The molecule has 3 saturated heterocycles. The van der Waals surface area contributed by atoms with Crippen LogP contribution in [0.15, 0.2) is 41.3 Å². The van der Waals surface area contributed by atoms with Gasteiger partial charge in [-0.2, -0.15) is 4.31 Å². The molecule has 1 aliphatic carbocycles. The molecule has 1 aromatic carbocycles. The lowest BCUT2D eigenvalue weighted by Gasteiger charge is -2.42. The number of anilines is 2. The smallest absolute Gasteiger partial charge is 0.276 e. The number of piperazine rings is 1. The van der Waals surface area contributed by atoms with Crippen LogP contribution in [0.1, 0.15) is 37.7 Å². The lowest BCUT2D eigenvalue weighted by molar-refractivity contribution is -0.145. The minimum absolute atomic E-state index is 0.0441. The van der Waals surface area contributed by atoms with Gasteiger partial charge in [0.05, 0.1) is 4.90 Å². The van der Waals surface area contributed by atoms with Crippen molar-refractivity contribution in [3.05, 3.63) is 47.1 Å². The fourth-order valence-electron chi connectivity index (χ4n) is 7.02. The number of nitrogens with zero attached hydrogens (tertiary/aromatic N) is 5. The van der Waals surface area contributed by atoms with Crippen molar-refractivity contribution in [2.45, 2.75) is 49.0 Å². The molecule has 1 saturated carbocycles. The molecule has 250 valence electrons. The average molecular weight is 680 g/mol.